The van der Waals surface area contributed by atoms with Gasteiger partial charge in [0.05, 0.1) is 18.8 Å². The van der Waals surface area contributed by atoms with E-state index in [0.29, 0.717) is 37.7 Å². The summed E-state index contributed by atoms with van der Waals surface area (Å²) in [6, 6.07) is 4.01. The number of hydrogen-bond acceptors (Lipinski definition) is 7. The second-order valence-corrected chi connectivity index (χ2v) is 6.70. The highest BCUT2D eigenvalue weighted by molar-refractivity contribution is 5.75. The van der Waals surface area contributed by atoms with E-state index in [-0.39, 0.29) is 12.0 Å². The number of aryl methyl sites for hydroxylation is 2. The molecule has 0 saturated carbocycles. The molecule has 0 spiro atoms. The van der Waals surface area contributed by atoms with Gasteiger partial charge < -0.3 is 14.2 Å². The Morgan fingerprint density at radius 1 is 1.38 bits per heavy atom. The number of carbonyl (C=O) groups is 1. The van der Waals surface area contributed by atoms with Gasteiger partial charge in [-0.3, -0.25) is 14.7 Å². The predicted octanol–water partition coefficient (Wildman–Crippen LogP) is 1.37. The molecule has 1 fully saturated rings. The van der Waals surface area contributed by atoms with Crippen LogP contribution < -0.4 is 0 Å². The third-order valence-electron chi connectivity index (χ3n) is 4.39. The summed E-state index contributed by atoms with van der Waals surface area (Å²) >= 11 is 0. The van der Waals surface area contributed by atoms with Crippen LogP contribution in [0.1, 0.15) is 35.5 Å². The number of hydrogen-bond donors (Lipinski definition) is 0. The van der Waals surface area contributed by atoms with E-state index in [1.54, 1.807) is 25.9 Å². The van der Waals surface area contributed by atoms with Crippen LogP contribution in [0.5, 0.6) is 0 Å². The monoisotopic (exact) mass is 359 g/mol. The highest BCUT2D eigenvalue weighted by Crippen LogP contribution is 2.22. The number of carbonyl (C=O) groups excluding carboxylic acids is 1. The Labute approximate surface area is 153 Å². The van der Waals surface area contributed by atoms with Gasteiger partial charge in [0.2, 0.25) is 11.8 Å². The Bertz CT molecular complexity index is 729. The lowest BCUT2D eigenvalue weighted by Crippen LogP contribution is -2.38. The van der Waals surface area contributed by atoms with Gasteiger partial charge in [0.1, 0.15) is 6.10 Å². The molecular weight excluding hydrogens is 334 g/mol. The second-order valence-electron chi connectivity index (χ2n) is 6.70. The largest absolute Gasteiger partial charge is 0.369 e. The molecule has 1 aliphatic heterocycles. The number of aromatic nitrogens is 3. The average Bonchev–Trinajstić information content (AvgIpc) is 3.05. The van der Waals surface area contributed by atoms with E-state index in [1.807, 2.05) is 18.3 Å². The van der Waals surface area contributed by atoms with Crippen molar-refractivity contribution in [3.63, 3.8) is 0 Å². The number of amides is 1. The summed E-state index contributed by atoms with van der Waals surface area (Å²) in [7, 11) is 3.54. The smallest absolute Gasteiger partial charge is 0.223 e. The van der Waals surface area contributed by atoms with Crippen molar-refractivity contribution in [3.05, 3.63) is 41.3 Å². The molecule has 140 valence electrons. The minimum absolute atomic E-state index is 0.0748. The normalized spacial score (nSPS) is 18.0. The zero-order valence-electron chi connectivity index (χ0n) is 15.5. The number of ether oxygens (including phenoxy) is 1. The molecule has 0 aliphatic carbocycles. The van der Waals surface area contributed by atoms with E-state index in [0.717, 1.165) is 24.3 Å². The Morgan fingerprint density at radius 2 is 2.23 bits per heavy atom. The zero-order valence-corrected chi connectivity index (χ0v) is 15.5. The number of morpholine rings is 1. The Hall–Kier alpha value is -2.32. The molecule has 0 radical (unpaired) electrons. The van der Waals surface area contributed by atoms with Crippen LogP contribution in [0.3, 0.4) is 0 Å². The Kier molecular flexibility index (Phi) is 5.95. The maximum absolute atomic E-state index is 11.7. The van der Waals surface area contributed by atoms with E-state index >= 15 is 0 Å². The van der Waals surface area contributed by atoms with Crippen molar-refractivity contribution >= 4 is 5.91 Å². The minimum atomic E-state index is -0.0748. The molecule has 1 amide bonds. The van der Waals surface area contributed by atoms with Crippen LogP contribution in [-0.4, -0.2) is 64.6 Å². The third-order valence-corrected chi connectivity index (χ3v) is 4.39. The van der Waals surface area contributed by atoms with Crippen molar-refractivity contribution in [1.82, 2.24) is 24.9 Å². The van der Waals surface area contributed by atoms with Crippen LogP contribution >= 0.6 is 0 Å². The quantitative estimate of drug-likeness (QED) is 0.770. The molecule has 0 bridgehead atoms. The third kappa shape index (κ3) is 4.86. The molecule has 0 aromatic carbocycles. The summed E-state index contributed by atoms with van der Waals surface area (Å²) in [6.07, 6.45) is 2.95. The van der Waals surface area contributed by atoms with Crippen LogP contribution in [-0.2, 0) is 22.5 Å². The summed E-state index contributed by atoms with van der Waals surface area (Å²) in [6.45, 7) is 4.63. The van der Waals surface area contributed by atoms with Gasteiger partial charge in [-0.05, 0) is 18.1 Å². The lowest BCUT2D eigenvalue weighted by atomic mass is 10.1. The zero-order chi connectivity index (χ0) is 18.5. The van der Waals surface area contributed by atoms with E-state index in [9.17, 15) is 4.79 Å². The fourth-order valence-corrected chi connectivity index (χ4v) is 2.88. The molecule has 26 heavy (non-hydrogen) atoms. The van der Waals surface area contributed by atoms with Crippen molar-refractivity contribution < 1.29 is 14.1 Å². The molecule has 0 N–H and O–H groups in total. The molecular formula is C18H25N5O3. The van der Waals surface area contributed by atoms with E-state index < -0.39 is 0 Å². The van der Waals surface area contributed by atoms with Crippen LogP contribution in [0, 0.1) is 6.92 Å². The van der Waals surface area contributed by atoms with Crippen LogP contribution in [0.4, 0.5) is 0 Å². The van der Waals surface area contributed by atoms with Crippen molar-refractivity contribution in [3.8, 4) is 0 Å². The maximum Gasteiger partial charge on any atom is 0.223 e. The molecule has 1 aliphatic rings. The van der Waals surface area contributed by atoms with Gasteiger partial charge in [0, 0.05) is 46.7 Å². The van der Waals surface area contributed by atoms with Crippen LogP contribution in [0.15, 0.2) is 22.9 Å². The molecule has 2 aromatic rings. The van der Waals surface area contributed by atoms with E-state index in [1.165, 1.54) is 0 Å². The van der Waals surface area contributed by atoms with Gasteiger partial charge >= 0.3 is 0 Å². The first-order chi connectivity index (χ1) is 12.5. The van der Waals surface area contributed by atoms with Gasteiger partial charge in [0.25, 0.3) is 0 Å². The average molecular weight is 359 g/mol. The van der Waals surface area contributed by atoms with Gasteiger partial charge in [-0.2, -0.15) is 4.98 Å². The lowest BCUT2D eigenvalue weighted by molar-refractivity contribution is -0.128. The highest BCUT2D eigenvalue weighted by Gasteiger charge is 2.24. The second kappa shape index (κ2) is 8.37. The molecule has 1 saturated heterocycles. The fraction of sp³-hybridized carbons (Fsp3) is 0.556. The molecule has 3 rings (SSSR count). The molecule has 8 heteroatoms. The topological polar surface area (TPSA) is 84.6 Å². The van der Waals surface area contributed by atoms with Gasteiger partial charge in [-0.15, -0.1) is 0 Å². The standard InChI is InChI=1S/C18H25N5O3/c1-13-20-17(21-26-13)12-23-8-9-25-16(11-23)15-6-4-14(10-19-15)5-7-18(24)22(2)3/h4,6,10,16H,5,7-9,11-12H2,1-3H3. The predicted molar refractivity (Wildman–Crippen MR) is 94.3 cm³/mol. The van der Waals surface area contributed by atoms with Gasteiger partial charge in [0.15, 0.2) is 5.82 Å². The molecule has 1 unspecified atom stereocenters. The number of pyridine rings is 1. The molecule has 3 heterocycles. The van der Waals surface area contributed by atoms with Crippen molar-refractivity contribution in [2.24, 2.45) is 0 Å². The SMILES string of the molecule is Cc1nc(CN2CCOC(c3ccc(CCC(=O)N(C)C)cn3)C2)no1. The summed E-state index contributed by atoms with van der Waals surface area (Å²) in [4.78, 5) is 24.3. The van der Waals surface area contributed by atoms with E-state index in [2.05, 4.69) is 20.0 Å². The minimum Gasteiger partial charge on any atom is -0.369 e. The van der Waals surface area contributed by atoms with E-state index in [4.69, 9.17) is 9.26 Å². The first-order valence-corrected chi connectivity index (χ1v) is 8.79. The molecule has 2 aromatic heterocycles. The molecule has 8 nitrogen and oxygen atoms in total. The highest BCUT2D eigenvalue weighted by atomic mass is 16.5. The van der Waals surface area contributed by atoms with Crippen molar-refractivity contribution in [2.45, 2.75) is 32.4 Å². The number of nitrogens with zero attached hydrogens (tertiary/aromatic N) is 5. The Morgan fingerprint density at radius 3 is 2.88 bits per heavy atom. The van der Waals surface area contributed by atoms with Crippen molar-refractivity contribution in [1.29, 1.82) is 0 Å². The first kappa shape index (κ1) is 18.5. The summed E-state index contributed by atoms with van der Waals surface area (Å²) in [5.74, 6) is 1.39. The van der Waals surface area contributed by atoms with Gasteiger partial charge in [-0.25, -0.2) is 0 Å². The summed E-state index contributed by atoms with van der Waals surface area (Å²) in [5.41, 5.74) is 1.96. The summed E-state index contributed by atoms with van der Waals surface area (Å²) < 4.78 is 10.9. The molecule has 1 atom stereocenters. The first-order valence-electron chi connectivity index (χ1n) is 8.79. The lowest BCUT2D eigenvalue weighted by Gasteiger charge is -2.31. The summed E-state index contributed by atoms with van der Waals surface area (Å²) in [5, 5.41) is 3.95. The fourth-order valence-electron chi connectivity index (χ4n) is 2.88. The van der Waals surface area contributed by atoms with Gasteiger partial charge in [-0.1, -0.05) is 11.2 Å². The van der Waals surface area contributed by atoms with Crippen LogP contribution in [0.2, 0.25) is 0 Å². The Balaban J connectivity index is 1.55. The number of rotatable bonds is 6. The van der Waals surface area contributed by atoms with Crippen molar-refractivity contribution in [2.75, 3.05) is 33.8 Å². The maximum atomic E-state index is 11.7. The van der Waals surface area contributed by atoms with Crippen LogP contribution in [0.25, 0.3) is 0 Å².